The summed E-state index contributed by atoms with van der Waals surface area (Å²) in [6.45, 7) is 3.10. The van der Waals surface area contributed by atoms with Crippen molar-refractivity contribution < 1.29 is 32.7 Å². The van der Waals surface area contributed by atoms with E-state index in [4.69, 9.17) is 9.47 Å². The first-order valence-corrected chi connectivity index (χ1v) is 9.23. The zero-order chi connectivity index (χ0) is 20.8. The van der Waals surface area contributed by atoms with Crippen LogP contribution in [-0.2, 0) is 9.59 Å². The van der Waals surface area contributed by atoms with E-state index in [1.54, 1.807) is 18.2 Å². The third-order valence-corrected chi connectivity index (χ3v) is 4.37. The van der Waals surface area contributed by atoms with Crippen LogP contribution in [-0.4, -0.2) is 44.7 Å². The number of likely N-dealkylation sites (N-methyl/N-ethyl adjacent to an activating group) is 1. The Morgan fingerprint density at radius 1 is 0.966 bits per heavy atom. The number of quaternary nitrogens is 1. The Labute approximate surface area is 166 Å². The second-order valence-corrected chi connectivity index (χ2v) is 6.51. The molecule has 7 nitrogen and oxygen atoms in total. The number of rotatable bonds is 7. The van der Waals surface area contributed by atoms with E-state index in [1.807, 2.05) is 6.92 Å². The predicted octanol–water partition coefficient (Wildman–Crippen LogP) is 1.22. The molecule has 0 bridgehead atoms. The third kappa shape index (κ3) is 5.41. The molecule has 3 rings (SSSR count). The van der Waals surface area contributed by atoms with E-state index in [-0.39, 0.29) is 19.0 Å². The lowest BCUT2D eigenvalue weighted by atomic mass is 10.2. The van der Waals surface area contributed by atoms with Crippen molar-refractivity contribution in [2.45, 2.75) is 6.92 Å². The first-order chi connectivity index (χ1) is 14.0. The van der Waals surface area contributed by atoms with Gasteiger partial charge in [-0.25, -0.2) is 8.78 Å². The summed E-state index contributed by atoms with van der Waals surface area (Å²) >= 11 is 0. The van der Waals surface area contributed by atoms with Gasteiger partial charge in [0, 0.05) is 11.8 Å². The normalized spacial score (nSPS) is 13.5. The van der Waals surface area contributed by atoms with Gasteiger partial charge in [-0.1, -0.05) is 6.07 Å². The van der Waals surface area contributed by atoms with Gasteiger partial charge in [0.1, 0.15) is 30.5 Å². The number of carbonyl (C=O) groups is 2. The second-order valence-electron chi connectivity index (χ2n) is 6.51. The molecule has 2 amide bonds. The molecule has 0 aliphatic carbocycles. The average molecular weight is 406 g/mol. The monoisotopic (exact) mass is 406 g/mol. The van der Waals surface area contributed by atoms with E-state index in [1.165, 1.54) is 6.07 Å². The predicted molar refractivity (Wildman–Crippen MR) is 102 cm³/mol. The lowest BCUT2D eigenvalue weighted by Gasteiger charge is -2.20. The van der Waals surface area contributed by atoms with Crippen molar-refractivity contribution >= 4 is 23.2 Å². The number of hydrogen-bond donors (Lipinski definition) is 3. The molecule has 0 fully saturated rings. The molecule has 2 aromatic rings. The SMILES string of the molecule is CC[NH+](CC(=O)Nc1ccc2c(c1)OCCO2)CC(=O)Nc1c(F)cccc1F. The van der Waals surface area contributed by atoms with Crippen molar-refractivity contribution in [2.75, 3.05) is 43.5 Å². The zero-order valence-electron chi connectivity index (χ0n) is 15.9. The molecule has 0 aromatic heterocycles. The maximum atomic E-state index is 13.7. The number of nitrogens with one attached hydrogen (secondary N) is 3. The number of fused-ring (bicyclic) bond motifs is 1. The maximum Gasteiger partial charge on any atom is 0.279 e. The van der Waals surface area contributed by atoms with Crippen LogP contribution in [0.5, 0.6) is 11.5 Å². The minimum absolute atomic E-state index is 0.0120. The van der Waals surface area contributed by atoms with Crippen LogP contribution in [0.3, 0.4) is 0 Å². The third-order valence-electron chi connectivity index (χ3n) is 4.37. The van der Waals surface area contributed by atoms with Crippen LogP contribution in [0.25, 0.3) is 0 Å². The molecular weight excluding hydrogens is 384 g/mol. The molecule has 0 saturated carbocycles. The van der Waals surface area contributed by atoms with Crippen LogP contribution in [0.1, 0.15) is 6.92 Å². The van der Waals surface area contributed by atoms with Crippen LogP contribution in [0.2, 0.25) is 0 Å². The van der Waals surface area contributed by atoms with E-state index >= 15 is 0 Å². The molecule has 0 spiro atoms. The molecule has 154 valence electrons. The average Bonchev–Trinajstić information content (AvgIpc) is 2.70. The van der Waals surface area contributed by atoms with Crippen LogP contribution in [0.4, 0.5) is 20.2 Å². The van der Waals surface area contributed by atoms with Gasteiger partial charge in [0.25, 0.3) is 11.8 Å². The molecule has 29 heavy (non-hydrogen) atoms. The molecule has 0 saturated heterocycles. The Bertz CT molecular complexity index is 887. The molecule has 2 aromatic carbocycles. The molecule has 1 unspecified atom stereocenters. The Hall–Kier alpha value is -3.20. The van der Waals surface area contributed by atoms with Gasteiger partial charge in [0.2, 0.25) is 0 Å². The van der Waals surface area contributed by atoms with Crippen LogP contribution in [0.15, 0.2) is 36.4 Å². The van der Waals surface area contributed by atoms with Gasteiger partial charge in [-0.2, -0.15) is 0 Å². The van der Waals surface area contributed by atoms with Crippen molar-refractivity contribution in [1.29, 1.82) is 0 Å². The summed E-state index contributed by atoms with van der Waals surface area (Å²) in [6.07, 6.45) is 0. The second kappa shape index (κ2) is 9.33. The van der Waals surface area contributed by atoms with Gasteiger partial charge in [-0.3, -0.25) is 9.59 Å². The Morgan fingerprint density at radius 3 is 2.24 bits per heavy atom. The summed E-state index contributed by atoms with van der Waals surface area (Å²) in [7, 11) is 0. The summed E-state index contributed by atoms with van der Waals surface area (Å²) in [5.74, 6) is -1.42. The number of benzene rings is 2. The van der Waals surface area contributed by atoms with E-state index in [9.17, 15) is 18.4 Å². The van der Waals surface area contributed by atoms with Gasteiger partial charge in [0.05, 0.1) is 6.54 Å². The highest BCUT2D eigenvalue weighted by Crippen LogP contribution is 2.32. The summed E-state index contributed by atoms with van der Waals surface area (Å²) in [6, 6.07) is 8.42. The van der Waals surface area contributed by atoms with Crippen molar-refractivity contribution in [3.63, 3.8) is 0 Å². The maximum absolute atomic E-state index is 13.7. The lowest BCUT2D eigenvalue weighted by molar-refractivity contribution is -0.881. The number of halogens is 2. The van der Waals surface area contributed by atoms with Crippen LogP contribution >= 0.6 is 0 Å². The largest absolute Gasteiger partial charge is 0.486 e. The van der Waals surface area contributed by atoms with Crippen molar-refractivity contribution in [3.05, 3.63) is 48.0 Å². The first kappa shape index (κ1) is 20.5. The summed E-state index contributed by atoms with van der Waals surface area (Å²) in [5, 5.41) is 4.98. The lowest BCUT2D eigenvalue weighted by Crippen LogP contribution is -3.13. The van der Waals surface area contributed by atoms with Gasteiger partial charge in [-0.05, 0) is 31.2 Å². The van der Waals surface area contributed by atoms with E-state index in [0.29, 0.717) is 41.8 Å². The standard InChI is InChI=1S/C20H21F2N3O4/c1-2-25(12-19(27)24-20-14(21)4-3-5-15(20)22)11-18(26)23-13-6-7-16-17(10-13)29-9-8-28-16/h3-7,10H,2,8-9,11-12H2,1H3,(H,23,26)(H,24,27)/p+1. The number of ether oxygens (including phenoxy) is 2. The molecule has 1 atom stereocenters. The highest BCUT2D eigenvalue weighted by Gasteiger charge is 2.20. The summed E-state index contributed by atoms with van der Waals surface area (Å²) in [5.41, 5.74) is 0.0567. The Morgan fingerprint density at radius 2 is 1.59 bits per heavy atom. The van der Waals surface area contributed by atoms with Crippen molar-refractivity contribution in [1.82, 2.24) is 0 Å². The summed E-state index contributed by atoms with van der Waals surface area (Å²) < 4.78 is 38.2. The Kier molecular flexibility index (Phi) is 6.61. The minimum Gasteiger partial charge on any atom is -0.486 e. The number of anilines is 2. The highest BCUT2D eigenvalue weighted by atomic mass is 19.1. The number of amides is 2. The fraction of sp³-hybridized carbons (Fsp3) is 0.300. The molecule has 1 aliphatic heterocycles. The number of carbonyl (C=O) groups excluding carboxylic acids is 2. The van der Waals surface area contributed by atoms with Crippen LogP contribution in [0, 0.1) is 11.6 Å². The zero-order valence-corrected chi connectivity index (χ0v) is 15.9. The molecular formula is C20H22F2N3O4+. The number of para-hydroxylation sites is 1. The van der Waals surface area contributed by atoms with E-state index < -0.39 is 23.2 Å². The van der Waals surface area contributed by atoms with Gasteiger partial charge < -0.3 is 25.0 Å². The number of hydrogen-bond acceptors (Lipinski definition) is 4. The van der Waals surface area contributed by atoms with Crippen LogP contribution < -0.4 is 25.0 Å². The van der Waals surface area contributed by atoms with E-state index in [2.05, 4.69) is 10.6 Å². The molecule has 3 N–H and O–H groups in total. The minimum atomic E-state index is -0.854. The van der Waals surface area contributed by atoms with Gasteiger partial charge >= 0.3 is 0 Å². The smallest absolute Gasteiger partial charge is 0.279 e. The Balaban J connectivity index is 1.55. The molecule has 0 radical (unpaired) electrons. The van der Waals surface area contributed by atoms with Gasteiger partial charge in [0.15, 0.2) is 24.6 Å². The first-order valence-electron chi connectivity index (χ1n) is 9.23. The molecule has 9 heteroatoms. The van der Waals surface area contributed by atoms with Crippen molar-refractivity contribution in [3.8, 4) is 11.5 Å². The van der Waals surface area contributed by atoms with E-state index in [0.717, 1.165) is 12.1 Å². The molecule has 1 aliphatic rings. The van der Waals surface area contributed by atoms with Crippen molar-refractivity contribution in [2.24, 2.45) is 0 Å². The summed E-state index contributed by atoms with van der Waals surface area (Å²) in [4.78, 5) is 25.1. The highest BCUT2D eigenvalue weighted by molar-refractivity contribution is 5.93. The molecule has 1 heterocycles. The fourth-order valence-corrected chi connectivity index (χ4v) is 2.89. The fourth-order valence-electron chi connectivity index (χ4n) is 2.89. The topological polar surface area (TPSA) is 81.1 Å². The quantitative estimate of drug-likeness (QED) is 0.646. The van der Waals surface area contributed by atoms with Gasteiger partial charge in [-0.15, -0.1) is 0 Å².